The molecule has 1 saturated heterocycles. The van der Waals surface area contributed by atoms with Crippen LogP contribution in [0.1, 0.15) is 47.0 Å². The number of nitrogens with one attached hydrogen (secondary N) is 2. The van der Waals surface area contributed by atoms with Crippen molar-refractivity contribution >= 4 is 5.91 Å². The number of carbonyl (C=O) groups excluding carboxylic acids is 1. The molecular formula is C15H31N3O. The van der Waals surface area contributed by atoms with Crippen LogP contribution in [0.2, 0.25) is 0 Å². The highest BCUT2D eigenvalue weighted by atomic mass is 16.2. The topological polar surface area (TPSA) is 44.4 Å². The molecule has 19 heavy (non-hydrogen) atoms. The first kappa shape index (κ1) is 16.4. The molecule has 0 bridgehead atoms. The molecule has 0 aromatic heterocycles. The van der Waals surface area contributed by atoms with Crippen LogP contribution < -0.4 is 10.6 Å². The Morgan fingerprint density at radius 1 is 1.11 bits per heavy atom. The van der Waals surface area contributed by atoms with Gasteiger partial charge in [0.25, 0.3) is 0 Å². The Bertz CT molecular complexity index is 262. The van der Waals surface area contributed by atoms with E-state index in [0.29, 0.717) is 12.0 Å². The van der Waals surface area contributed by atoms with E-state index in [0.717, 1.165) is 13.1 Å². The summed E-state index contributed by atoms with van der Waals surface area (Å²) in [6.07, 6.45) is 4.00. The molecule has 4 nitrogen and oxygen atoms in total. The molecule has 1 rings (SSSR count). The zero-order chi connectivity index (χ0) is 14.3. The molecule has 1 aliphatic heterocycles. The number of nitrogens with zero attached hydrogens (tertiary/aromatic N) is 1. The molecule has 112 valence electrons. The van der Waals surface area contributed by atoms with Crippen LogP contribution in [0.5, 0.6) is 0 Å². The predicted octanol–water partition coefficient (Wildman–Crippen LogP) is 1.61. The summed E-state index contributed by atoms with van der Waals surface area (Å²) in [4.78, 5) is 14.4. The van der Waals surface area contributed by atoms with Crippen molar-refractivity contribution in [3.63, 3.8) is 0 Å². The zero-order valence-electron chi connectivity index (χ0n) is 13.0. The fourth-order valence-corrected chi connectivity index (χ4v) is 2.54. The number of hydrogen-bond donors (Lipinski definition) is 2. The zero-order valence-corrected chi connectivity index (χ0v) is 13.0. The predicted molar refractivity (Wildman–Crippen MR) is 80.2 cm³/mol. The van der Waals surface area contributed by atoms with Gasteiger partial charge in [-0.25, -0.2) is 0 Å². The fourth-order valence-electron chi connectivity index (χ4n) is 2.54. The van der Waals surface area contributed by atoms with Gasteiger partial charge in [-0.05, 0) is 45.7 Å². The van der Waals surface area contributed by atoms with Gasteiger partial charge in [0.15, 0.2) is 0 Å². The molecule has 2 atom stereocenters. The summed E-state index contributed by atoms with van der Waals surface area (Å²) in [5.74, 6) is 0.612. The normalized spacial score (nSPS) is 20.3. The summed E-state index contributed by atoms with van der Waals surface area (Å²) in [6.45, 7) is 12.5. The van der Waals surface area contributed by atoms with E-state index in [1.165, 1.54) is 32.4 Å². The molecule has 1 amide bonds. The Balaban J connectivity index is 2.22. The van der Waals surface area contributed by atoms with Gasteiger partial charge >= 0.3 is 0 Å². The first-order valence-corrected chi connectivity index (χ1v) is 7.75. The third-order valence-corrected chi connectivity index (χ3v) is 3.59. The molecule has 1 aliphatic rings. The minimum absolute atomic E-state index is 0.110. The van der Waals surface area contributed by atoms with Gasteiger partial charge in [0.2, 0.25) is 5.91 Å². The smallest absolute Gasteiger partial charge is 0.236 e. The van der Waals surface area contributed by atoms with Crippen LogP contribution in [0.15, 0.2) is 0 Å². The molecule has 1 fully saturated rings. The van der Waals surface area contributed by atoms with Crippen molar-refractivity contribution < 1.29 is 4.79 Å². The van der Waals surface area contributed by atoms with E-state index in [-0.39, 0.29) is 11.9 Å². The lowest BCUT2D eigenvalue weighted by Gasteiger charge is -2.30. The minimum Gasteiger partial charge on any atom is -0.354 e. The van der Waals surface area contributed by atoms with Crippen molar-refractivity contribution in [2.75, 3.05) is 26.2 Å². The van der Waals surface area contributed by atoms with E-state index in [4.69, 9.17) is 0 Å². The van der Waals surface area contributed by atoms with Gasteiger partial charge in [-0.2, -0.15) is 0 Å². The molecule has 0 aromatic carbocycles. The SMILES string of the molecule is CC(C)CNC(=O)C(C)NC(C)CN1CCCCC1. The van der Waals surface area contributed by atoms with Gasteiger partial charge < -0.3 is 15.5 Å². The van der Waals surface area contributed by atoms with Gasteiger partial charge in [-0.1, -0.05) is 20.3 Å². The second-order valence-corrected chi connectivity index (χ2v) is 6.29. The van der Waals surface area contributed by atoms with Crippen LogP contribution >= 0.6 is 0 Å². The summed E-state index contributed by atoms with van der Waals surface area (Å²) in [6, 6.07) is 0.247. The second kappa shape index (κ2) is 8.54. The maximum Gasteiger partial charge on any atom is 0.236 e. The highest BCUT2D eigenvalue weighted by Gasteiger charge is 2.18. The van der Waals surface area contributed by atoms with Gasteiger partial charge in [0.05, 0.1) is 6.04 Å². The quantitative estimate of drug-likeness (QED) is 0.738. The average Bonchev–Trinajstić information content (AvgIpc) is 2.36. The molecule has 0 spiro atoms. The summed E-state index contributed by atoms with van der Waals surface area (Å²) >= 11 is 0. The lowest BCUT2D eigenvalue weighted by atomic mass is 10.1. The monoisotopic (exact) mass is 269 g/mol. The van der Waals surface area contributed by atoms with E-state index >= 15 is 0 Å². The Hall–Kier alpha value is -0.610. The minimum atomic E-state index is -0.112. The van der Waals surface area contributed by atoms with Crippen molar-refractivity contribution in [3.05, 3.63) is 0 Å². The van der Waals surface area contributed by atoms with Crippen molar-refractivity contribution in [1.82, 2.24) is 15.5 Å². The van der Waals surface area contributed by atoms with E-state index in [1.54, 1.807) is 0 Å². The molecule has 4 heteroatoms. The Morgan fingerprint density at radius 2 is 1.74 bits per heavy atom. The van der Waals surface area contributed by atoms with Crippen LogP contribution in [0.4, 0.5) is 0 Å². The van der Waals surface area contributed by atoms with Crippen molar-refractivity contribution in [1.29, 1.82) is 0 Å². The first-order valence-electron chi connectivity index (χ1n) is 7.75. The molecule has 0 aliphatic carbocycles. The molecule has 1 heterocycles. The number of hydrogen-bond acceptors (Lipinski definition) is 3. The van der Waals surface area contributed by atoms with Gasteiger partial charge in [0.1, 0.15) is 0 Å². The van der Waals surface area contributed by atoms with Crippen LogP contribution in [0.3, 0.4) is 0 Å². The highest BCUT2D eigenvalue weighted by Crippen LogP contribution is 2.08. The number of likely N-dealkylation sites (tertiary alicyclic amines) is 1. The summed E-state index contributed by atoms with van der Waals surface area (Å²) in [7, 11) is 0. The van der Waals surface area contributed by atoms with Gasteiger partial charge in [0, 0.05) is 19.1 Å². The number of amides is 1. The van der Waals surface area contributed by atoms with Crippen molar-refractivity contribution in [2.24, 2.45) is 5.92 Å². The van der Waals surface area contributed by atoms with E-state index < -0.39 is 0 Å². The van der Waals surface area contributed by atoms with Crippen LogP contribution in [-0.2, 0) is 4.79 Å². The molecule has 0 saturated carbocycles. The van der Waals surface area contributed by atoms with Crippen molar-refractivity contribution in [2.45, 2.75) is 59.0 Å². The maximum atomic E-state index is 11.9. The molecular weight excluding hydrogens is 238 g/mol. The molecule has 0 radical (unpaired) electrons. The third-order valence-electron chi connectivity index (χ3n) is 3.59. The number of rotatable bonds is 7. The average molecular weight is 269 g/mol. The first-order chi connectivity index (χ1) is 8.99. The lowest BCUT2D eigenvalue weighted by Crippen LogP contribution is -2.50. The van der Waals surface area contributed by atoms with E-state index in [2.05, 4.69) is 36.3 Å². The standard InChI is InChI=1S/C15H31N3O/c1-12(2)10-16-15(19)14(4)17-13(3)11-18-8-6-5-7-9-18/h12-14,17H,5-11H2,1-4H3,(H,16,19). The Labute approximate surface area is 118 Å². The van der Waals surface area contributed by atoms with Crippen LogP contribution in [0.25, 0.3) is 0 Å². The Morgan fingerprint density at radius 3 is 2.32 bits per heavy atom. The summed E-state index contributed by atoms with van der Waals surface area (Å²) < 4.78 is 0. The third kappa shape index (κ3) is 6.92. The fraction of sp³-hybridized carbons (Fsp3) is 0.933. The second-order valence-electron chi connectivity index (χ2n) is 6.29. The van der Waals surface area contributed by atoms with E-state index in [1.807, 2.05) is 6.92 Å². The van der Waals surface area contributed by atoms with Gasteiger partial charge in [-0.3, -0.25) is 4.79 Å². The summed E-state index contributed by atoms with van der Waals surface area (Å²) in [5, 5.41) is 6.37. The van der Waals surface area contributed by atoms with Crippen molar-refractivity contribution in [3.8, 4) is 0 Å². The van der Waals surface area contributed by atoms with E-state index in [9.17, 15) is 4.79 Å². The number of piperidine rings is 1. The molecule has 2 unspecified atom stereocenters. The summed E-state index contributed by atoms with van der Waals surface area (Å²) in [5.41, 5.74) is 0. The lowest BCUT2D eigenvalue weighted by molar-refractivity contribution is -0.123. The van der Waals surface area contributed by atoms with Crippen LogP contribution in [0, 0.1) is 5.92 Å². The van der Waals surface area contributed by atoms with Crippen LogP contribution in [-0.4, -0.2) is 49.1 Å². The maximum absolute atomic E-state index is 11.9. The highest BCUT2D eigenvalue weighted by molar-refractivity contribution is 5.81. The molecule has 2 N–H and O–H groups in total. The largest absolute Gasteiger partial charge is 0.354 e. The number of carbonyl (C=O) groups is 1. The molecule has 0 aromatic rings. The Kier molecular flexibility index (Phi) is 7.39. The van der Waals surface area contributed by atoms with Gasteiger partial charge in [-0.15, -0.1) is 0 Å².